The van der Waals surface area contributed by atoms with Gasteiger partial charge in [-0.05, 0) is 24.0 Å². The third-order valence-electron chi connectivity index (χ3n) is 3.56. The van der Waals surface area contributed by atoms with E-state index in [0.29, 0.717) is 12.8 Å². The summed E-state index contributed by atoms with van der Waals surface area (Å²) in [4.78, 5) is 23.8. The van der Waals surface area contributed by atoms with Gasteiger partial charge in [0.25, 0.3) is 0 Å². The second-order valence-electron chi connectivity index (χ2n) is 5.31. The first-order chi connectivity index (χ1) is 11.7. The topological polar surface area (TPSA) is 64.6 Å². The molecule has 0 saturated heterocycles. The maximum atomic E-state index is 11.9. The number of hydrogen-bond donors (Lipinski definition) is 1. The predicted molar refractivity (Wildman–Crippen MR) is 90.3 cm³/mol. The van der Waals surface area contributed by atoms with Crippen LogP contribution in [0.25, 0.3) is 0 Å². The monoisotopic (exact) mass is 327 g/mol. The van der Waals surface area contributed by atoms with E-state index in [9.17, 15) is 9.59 Å². The summed E-state index contributed by atoms with van der Waals surface area (Å²) < 4.78 is 9.90. The molecule has 2 aromatic rings. The minimum absolute atomic E-state index is 0.152. The first-order valence-corrected chi connectivity index (χ1v) is 7.78. The Bertz CT molecular complexity index is 643. The summed E-state index contributed by atoms with van der Waals surface area (Å²) in [6.07, 6.45) is 0.457. The lowest BCUT2D eigenvalue weighted by atomic mass is 10.1. The van der Waals surface area contributed by atoms with Gasteiger partial charge in [0.15, 0.2) is 0 Å². The number of carbonyl (C=O) groups is 2. The number of methoxy groups -OCH3 is 1. The van der Waals surface area contributed by atoms with Gasteiger partial charge in [0, 0.05) is 0 Å². The van der Waals surface area contributed by atoms with Gasteiger partial charge in [-0.2, -0.15) is 0 Å². The van der Waals surface area contributed by atoms with Gasteiger partial charge in [0.2, 0.25) is 0 Å². The van der Waals surface area contributed by atoms with Gasteiger partial charge in [-0.3, -0.25) is 0 Å². The van der Waals surface area contributed by atoms with Gasteiger partial charge in [0.1, 0.15) is 12.6 Å². The van der Waals surface area contributed by atoms with E-state index in [2.05, 4.69) is 5.32 Å². The molecular weight excluding hydrogens is 306 g/mol. The molecule has 2 rings (SSSR count). The van der Waals surface area contributed by atoms with Gasteiger partial charge in [-0.15, -0.1) is 0 Å². The van der Waals surface area contributed by atoms with Crippen LogP contribution in [0, 0.1) is 0 Å². The molecule has 0 spiro atoms. The molecular formula is C19H21NO4. The maximum Gasteiger partial charge on any atom is 0.408 e. The van der Waals surface area contributed by atoms with Crippen LogP contribution in [-0.2, 0) is 27.3 Å². The van der Waals surface area contributed by atoms with E-state index in [0.717, 1.165) is 11.1 Å². The zero-order valence-electron chi connectivity index (χ0n) is 13.6. The molecule has 1 atom stereocenters. The zero-order valence-corrected chi connectivity index (χ0v) is 13.6. The second-order valence-corrected chi connectivity index (χ2v) is 5.31. The molecule has 1 N–H and O–H groups in total. The van der Waals surface area contributed by atoms with E-state index in [1.807, 2.05) is 60.7 Å². The van der Waals surface area contributed by atoms with Gasteiger partial charge in [-0.1, -0.05) is 60.7 Å². The quantitative estimate of drug-likeness (QED) is 0.794. The van der Waals surface area contributed by atoms with Crippen molar-refractivity contribution >= 4 is 12.1 Å². The summed E-state index contributed by atoms with van der Waals surface area (Å²) in [7, 11) is 1.30. The molecule has 5 heteroatoms. The number of carbonyl (C=O) groups excluding carboxylic acids is 2. The van der Waals surface area contributed by atoms with Crippen molar-refractivity contribution in [3.05, 3.63) is 71.8 Å². The molecule has 0 aliphatic heterocycles. The SMILES string of the molecule is COC(=O)[C@@H](CCc1ccccc1)NC(=O)OCc1ccccc1. The van der Waals surface area contributed by atoms with Crippen molar-refractivity contribution in [2.75, 3.05) is 7.11 Å². The highest BCUT2D eigenvalue weighted by atomic mass is 16.6. The number of esters is 1. The molecule has 126 valence electrons. The van der Waals surface area contributed by atoms with Crippen LogP contribution in [0.3, 0.4) is 0 Å². The maximum absolute atomic E-state index is 11.9. The summed E-state index contributed by atoms with van der Waals surface area (Å²) in [5, 5.41) is 2.57. The van der Waals surface area contributed by atoms with Crippen LogP contribution in [0.5, 0.6) is 0 Å². The van der Waals surface area contributed by atoms with E-state index in [4.69, 9.17) is 9.47 Å². The van der Waals surface area contributed by atoms with Crippen LogP contribution >= 0.6 is 0 Å². The molecule has 0 unspecified atom stereocenters. The Morgan fingerprint density at radius 2 is 1.54 bits per heavy atom. The average molecular weight is 327 g/mol. The normalized spacial score (nSPS) is 11.4. The number of aryl methyl sites for hydroxylation is 1. The number of rotatable bonds is 7. The molecule has 2 aromatic carbocycles. The highest BCUT2D eigenvalue weighted by Gasteiger charge is 2.22. The minimum Gasteiger partial charge on any atom is -0.467 e. The molecule has 0 aromatic heterocycles. The first kappa shape index (κ1) is 17.5. The number of benzene rings is 2. The lowest BCUT2D eigenvalue weighted by Crippen LogP contribution is -2.42. The Morgan fingerprint density at radius 1 is 0.958 bits per heavy atom. The van der Waals surface area contributed by atoms with Crippen LogP contribution in [0.15, 0.2) is 60.7 Å². The van der Waals surface area contributed by atoms with Gasteiger partial charge >= 0.3 is 12.1 Å². The van der Waals surface area contributed by atoms with Gasteiger partial charge in [-0.25, -0.2) is 9.59 Å². The standard InChI is InChI=1S/C19H21NO4/c1-23-18(21)17(13-12-15-8-4-2-5-9-15)20-19(22)24-14-16-10-6-3-7-11-16/h2-11,17H,12-14H2,1H3,(H,20,22)/t17-/m1/s1. The van der Waals surface area contributed by atoms with Gasteiger partial charge in [0.05, 0.1) is 7.11 Å². The highest BCUT2D eigenvalue weighted by molar-refractivity contribution is 5.81. The number of amides is 1. The summed E-state index contributed by atoms with van der Waals surface area (Å²) in [5.74, 6) is -0.484. The summed E-state index contributed by atoms with van der Waals surface area (Å²) >= 11 is 0. The third kappa shape index (κ3) is 5.76. The molecule has 24 heavy (non-hydrogen) atoms. The molecule has 0 bridgehead atoms. The summed E-state index contributed by atoms with van der Waals surface area (Å²) in [6.45, 7) is 0.152. The largest absolute Gasteiger partial charge is 0.467 e. The summed E-state index contributed by atoms with van der Waals surface area (Å²) in [6, 6.07) is 18.4. The van der Waals surface area contributed by atoms with Crippen LogP contribution in [0.4, 0.5) is 4.79 Å². The van der Waals surface area contributed by atoms with Crippen molar-refractivity contribution in [2.45, 2.75) is 25.5 Å². The van der Waals surface area contributed by atoms with Crippen LogP contribution in [0.1, 0.15) is 17.5 Å². The minimum atomic E-state index is -0.738. The molecule has 0 aliphatic rings. The van der Waals surface area contributed by atoms with Crippen molar-refractivity contribution in [1.29, 1.82) is 0 Å². The molecule has 1 amide bonds. The van der Waals surface area contributed by atoms with Crippen molar-refractivity contribution in [1.82, 2.24) is 5.32 Å². The second kappa shape index (κ2) is 9.35. The van der Waals surface area contributed by atoms with E-state index in [-0.39, 0.29) is 6.61 Å². The lowest BCUT2D eigenvalue weighted by molar-refractivity contribution is -0.143. The van der Waals surface area contributed by atoms with E-state index in [1.165, 1.54) is 7.11 Å². The smallest absolute Gasteiger partial charge is 0.408 e. The van der Waals surface area contributed by atoms with Crippen molar-refractivity contribution in [3.8, 4) is 0 Å². The summed E-state index contributed by atoms with van der Waals surface area (Å²) in [5.41, 5.74) is 1.97. The van der Waals surface area contributed by atoms with E-state index >= 15 is 0 Å². The Morgan fingerprint density at radius 3 is 2.12 bits per heavy atom. The Hall–Kier alpha value is -2.82. The molecule has 0 fully saturated rings. The predicted octanol–water partition coefficient (Wildman–Crippen LogP) is 3.09. The first-order valence-electron chi connectivity index (χ1n) is 7.78. The third-order valence-corrected chi connectivity index (χ3v) is 3.56. The number of alkyl carbamates (subject to hydrolysis) is 1. The highest BCUT2D eigenvalue weighted by Crippen LogP contribution is 2.07. The van der Waals surface area contributed by atoms with Crippen molar-refractivity contribution in [2.24, 2.45) is 0 Å². The van der Waals surface area contributed by atoms with Gasteiger partial charge < -0.3 is 14.8 Å². The zero-order chi connectivity index (χ0) is 17.2. The Balaban J connectivity index is 1.85. The van der Waals surface area contributed by atoms with Crippen LogP contribution < -0.4 is 5.32 Å². The molecule has 5 nitrogen and oxygen atoms in total. The average Bonchev–Trinajstić information content (AvgIpc) is 2.64. The van der Waals surface area contributed by atoms with E-state index < -0.39 is 18.1 Å². The van der Waals surface area contributed by atoms with Crippen molar-refractivity contribution < 1.29 is 19.1 Å². The van der Waals surface area contributed by atoms with E-state index in [1.54, 1.807) is 0 Å². The molecule has 0 radical (unpaired) electrons. The molecule has 0 heterocycles. The van der Waals surface area contributed by atoms with Crippen LogP contribution in [-0.4, -0.2) is 25.2 Å². The fraction of sp³-hybridized carbons (Fsp3) is 0.263. The molecule has 0 saturated carbocycles. The Kier molecular flexibility index (Phi) is 6.83. The number of nitrogens with one attached hydrogen (secondary N) is 1. The number of hydrogen-bond acceptors (Lipinski definition) is 4. The van der Waals surface area contributed by atoms with Crippen LogP contribution in [0.2, 0.25) is 0 Å². The number of ether oxygens (including phenoxy) is 2. The van der Waals surface area contributed by atoms with Crippen molar-refractivity contribution in [3.63, 3.8) is 0 Å². The Labute approximate surface area is 141 Å². The lowest BCUT2D eigenvalue weighted by Gasteiger charge is -2.16. The molecule has 0 aliphatic carbocycles. The fourth-order valence-electron chi connectivity index (χ4n) is 2.25. The fourth-order valence-corrected chi connectivity index (χ4v) is 2.25.